The monoisotopic (exact) mass is 518 g/mol. The van der Waals surface area contributed by atoms with Gasteiger partial charge in [-0.2, -0.15) is 0 Å². The van der Waals surface area contributed by atoms with Gasteiger partial charge in [0.05, 0.1) is 22.4 Å². The molecule has 2 aromatic carbocycles. The van der Waals surface area contributed by atoms with Crippen LogP contribution in [-0.2, 0) is 9.47 Å². The zero-order chi connectivity index (χ0) is 28.3. The first-order valence-electron chi connectivity index (χ1n) is 12.1. The number of aryl methyl sites for hydroxylation is 2. The highest BCUT2D eigenvalue weighted by atomic mass is 16.6. The summed E-state index contributed by atoms with van der Waals surface area (Å²) in [5.74, 6) is 0.260. The highest BCUT2D eigenvalue weighted by Crippen LogP contribution is 2.23. The second-order valence-corrected chi connectivity index (χ2v) is 10.6. The first-order valence-corrected chi connectivity index (χ1v) is 12.1. The van der Waals surface area contributed by atoms with Crippen molar-refractivity contribution in [2.75, 3.05) is 10.6 Å². The minimum Gasteiger partial charge on any atom is -0.443 e. The molecule has 0 bridgehead atoms. The summed E-state index contributed by atoms with van der Waals surface area (Å²) in [4.78, 5) is 42.9. The Kier molecular flexibility index (Phi) is 8.14. The zero-order valence-corrected chi connectivity index (χ0v) is 23.1. The van der Waals surface area contributed by atoms with Gasteiger partial charge in [-0.05, 0) is 67.5 Å². The van der Waals surface area contributed by atoms with Gasteiger partial charge in [0.2, 0.25) is 11.9 Å². The lowest BCUT2D eigenvalue weighted by atomic mass is 10.2. The predicted molar refractivity (Wildman–Crippen MR) is 148 cm³/mol. The van der Waals surface area contributed by atoms with Gasteiger partial charge in [0.1, 0.15) is 11.2 Å². The number of para-hydroxylation sites is 2. The maximum Gasteiger partial charge on any atom is 0.427 e. The van der Waals surface area contributed by atoms with Gasteiger partial charge < -0.3 is 15.2 Å². The van der Waals surface area contributed by atoms with Gasteiger partial charge >= 0.3 is 12.2 Å². The number of hydrogen-bond acceptors (Lipinski definition) is 9. The quantitative estimate of drug-likeness (QED) is 0.315. The van der Waals surface area contributed by atoms with E-state index >= 15 is 0 Å². The van der Waals surface area contributed by atoms with Crippen LogP contribution < -0.4 is 10.6 Å². The fraction of sp³-hybridized carbons (Fsp3) is 0.357. The van der Waals surface area contributed by atoms with E-state index in [1.807, 2.05) is 49.4 Å². The molecule has 4 aromatic rings. The molecule has 0 aliphatic rings. The van der Waals surface area contributed by atoms with E-state index in [-0.39, 0.29) is 5.95 Å². The summed E-state index contributed by atoms with van der Waals surface area (Å²) in [6.07, 6.45) is -1.78. The Labute approximate surface area is 222 Å². The molecule has 0 fully saturated rings. The molecule has 0 saturated carbocycles. The normalized spacial score (nSPS) is 11.5. The molecule has 0 unspecified atom stereocenters. The highest BCUT2D eigenvalue weighted by Gasteiger charge is 2.34. The first-order chi connectivity index (χ1) is 17.6. The fourth-order valence-corrected chi connectivity index (χ4v) is 3.43. The number of nitrogen functional groups attached to an aromatic ring is 1. The summed E-state index contributed by atoms with van der Waals surface area (Å²) in [5, 5.41) is 1.90. The molecule has 0 aliphatic heterocycles. The van der Waals surface area contributed by atoms with Gasteiger partial charge in [0.25, 0.3) is 0 Å². The summed E-state index contributed by atoms with van der Waals surface area (Å²) >= 11 is 0. The van der Waals surface area contributed by atoms with Crippen LogP contribution in [0.25, 0.3) is 21.8 Å². The Morgan fingerprint density at radius 1 is 0.684 bits per heavy atom. The molecule has 0 radical (unpaired) electrons. The van der Waals surface area contributed by atoms with E-state index in [9.17, 15) is 9.59 Å². The number of nitrogens with zero attached hydrogens (tertiary/aromatic N) is 5. The average Bonchev–Trinajstić information content (AvgIpc) is 2.77. The Morgan fingerprint density at radius 3 is 1.58 bits per heavy atom. The smallest absolute Gasteiger partial charge is 0.427 e. The van der Waals surface area contributed by atoms with Crippen LogP contribution >= 0.6 is 0 Å². The van der Waals surface area contributed by atoms with E-state index in [1.165, 1.54) is 0 Å². The summed E-state index contributed by atoms with van der Waals surface area (Å²) in [7, 11) is 0. The van der Waals surface area contributed by atoms with Crippen molar-refractivity contribution in [3.63, 3.8) is 0 Å². The number of fused-ring (bicyclic) bond motifs is 2. The third-order valence-electron chi connectivity index (χ3n) is 4.95. The zero-order valence-electron chi connectivity index (χ0n) is 23.1. The van der Waals surface area contributed by atoms with Crippen LogP contribution in [-0.4, -0.2) is 43.3 Å². The molecule has 2 amide bonds. The molecular weight excluding hydrogens is 484 g/mol. The molecule has 38 heavy (non-hydrogen) atoms. The number of rotatable bonds is 1. The molecule has 200 valence electrons. The Hall–Kier alpha value is -4.34. The van der Waals surface area contributed by atoms with E-state index in [4.69, 9.17) is 15.2 Å². The van der Waals surface area contributed by atoms with Crippen molar-refractivity contribution >= 4 is 45.9 Å². The van der Waals surface area contributed by atoms with Crippen LogP contribution in [0, 0.1) is 13.8 Å². The Morgan fingerprint density at radius 2 is 1.11 bits per heavy atom. The lowest BCUT2D eigenvalue weighted by molar-refractivity contribution is 0.0427. The molecule has 2 aromatic heterocycles. The van der Waals surface area contributed by atoms with Crippen molar-refractivity contribution in [2.24, 2.45) is 0 Å². The molecule has 0 spiro atoms. The van der Waals surface area contributed by atoms with E-state index in [0.717, 1.165) is 26.9 Å². The van der Waals surface area contributed by atoms with Crippen LogP contribution in [0.2, 0.25) is 0 Å². The minimum atomic E-state index is -0.888. The lowest BCUT2D eigenvalue weighted by Crippen LogP contribution is -2.44. The summed E-state index contributed by atoms with van der Waals surface area (Å²) in [6, 6.07) is 15.2. The first kappa shape index (κ1) is 28.2. The van der Waals surface area contributed by atoms with Gasteiger partial charge in [0.15, 0.2) is 0 Å². The summed E-state index contributed by atoms with van der Waals surface area (Å²) in [5.41, 5.74) is 7.02. The van der Waals surface area contributed by atoms with Crippen LogP contribution in [0.1, 0.15) is 52.9 Å². The molecular formula is C28H34N6O4. The molecule has 2 heterocycles. The van der Waals surface area contributed by atoms with Crippen molar-refractivity contribution in [2.45, 2.75) is 66.6 Å². The lowest BCUT2D eigenvalue weighted by Gasteiger charge is -2.27. The van der Waals surface area contributed by atoms with E-state index in [0.29, 0.717) is 17.2 Å². The van der Waals surface area contributed by atoms with Crippen molar-refractivity contribution in [1.82, 2.24) is 19.9 Å². The number of benzene rings is 2. The second-order valence-electron chi connectivity index (χ2n) is 10.6. The third kappa shape index (κ3) is 7.34. The van der Waals surface area contributed by atoms with Gasteiger partial charge in [-0.1, -0.05) is 36.4 Å². The largest absolute Gasteiger partial charge is 0.443 e. The number of aromatic nitrogens is 4. The summed E-state index contributed by atoms with van der Waals surface area (Å²) < 4.78 is 10.7. The topological polar surface area (TPSA) is 133 Å². The van der Waals surface area contributed by atoms with Crippen LogP contribution in [0.15, 0.2) is 48.5 Å². The molecule has 0 atom stereocenters. The number of nitrogens with two attached hydrogens (primary N) is 1. The standard InChI is InChI=1S/C19H25N3O4.C9H9N3/c1-12-13-10-8-9-11-14(13)21-15(20-12)22(16(23)25-18(2,3)4)17(24)26-19(5,6)7;1-6-7-4-2-3-5-8(7)12-9(10)11-6/h8-11H,1-7H3;2-5H,1H3,(H2,10,11,12). The number of carbonyl (C=O) groups excluding carboxylic acids is 2. The Bertz CT molecular complexity index is 1450. The predicted octanol–water partition coefficient (Wildman–Crippen LogP) is 6.14. The minimum absolute atomic E-state index is 0.0790. The molecule has 10 nitrogen and oxygen atoms in total. The second kappa shape index (κ2) is 11.0. The van der Waals surface area contributed by atoms with Crippen molar-refractivity contribution < 1.29 is 19.1 Å². The maximum atomic E-state index is 12.7. The molecule has 10 heteroatoms. The van der Waals surface area contributed by atoms with Crippen LogP contribution in [0.4, 0.5) is 21.5 Å². The number of anilines is 2. The third-order valence-corrected chi connectivity index (χ3v) is 4.95. The molecule has 2 N–H and O–H groups in total. The van der Waals surface area contributed by atoms with Gasteiger partial charge in [-0.15, -0.1) is 4.90 Å². The summed E-state index contributed by atoms with van der Waals surface area (Å²) in [6.45, 7) is 14.0. The van der Waals surface area contributed by atoms with Gasteiger partial charge in [-0.3, -0.25) is 0 Å². The molecule has 4 rings (SSSR count). The number of hydrogen-bond donors (Lipinski definition) is 1. The van der Waals surface area contributed by atoms with Crippen molar-refractivity contribution in [1.29, 1.82) is 0 Å². The van der Waals surface area contributed by atoms with E-state index in [2.05, 4.69) is 19.9 Å². The van der Waals surface area contributed by atoms with Crippen molar-refractivity contribution in [3.8, 4) is 0 Å². The highest BCUT2D eigenvalue weighted by molar-refractivity contribution is 6.08. The number of imide groups is 1. The molecule has 0 aliphatic carbocycles. The average molecular weight is 519 g/mol. The number of carbonyl (C=O) groups is 2. The van der Waals surface area contributed by atoms with E-state index in [1.54, 1.807) is 54.5 Å². The van der Waals surface area contributed by atoms with Gasteiger partial charge in [-0.25, -0.2) is 29.5 Å². The van der Waals surface area contributed by atoms with E-state index < -0.39 is 23.4 Å². The number of ether oxygens (including phenoxy) is 2. The SMILES string of the molecule is Cc1nc(N(C(=O)OC(C)(C)C)C(=O)OC(C)(C)C)nc2ccccc12.Cc1nc(N)nc2ccccc12. The maximum absolute atomic E-state index is 12.7. The van der Waals surface area contributed by atoms with Crippen LogP contribution in [0.5, 0.6) is 0 Å². The van der Waals surface area contributed by atoms with Gasteiger partial charge in [0, 0.05) is 10.8 Å². The van der Waals surface area contributed by atoms with Crippen LogP contribution in [0.3, 0.4) is 0 Å². The molecule has 0 saturated heterocycles. The fourth-order valence-electron chi connectivity index (χ4n) is 3.43. The Balaban J connectivity index is 0.000000275. The number of amides is 2. The van der Waals surface area contributed by atoms with Crippen molar-refractivity contribution in [3.05, 3.63) is 59.9 Å².